The number of fused-ring (bicyclic) bond motifs is 3. The summed E-state index contributed by atoms with van der Waals surface area (Å²) in [6.07, 6.45) is 13.5. The van der Waals surface area contributed by atoms with Gasteiger partial charge in [-0.3, -0.25) is 10.6 Å². The molecule has 2 aliphatic heterocycles. The van der Waals surface area contributed by atoms with Crippen LogP contribution in [0.2, 0.25) is 0 Å². The minimum atomic E-state index is 0.542. The Balaban J connectivity index is 1.42. The molecule has 4 fully saturated rings. The summed E-state index contributed by atoms with van der Waals surface area (Å²) in [5.74, 6) is 0.941. The van der Waals surface area contributed by atoms with Gasteiger partial charge < -0.3 is 5.32 Å². The summed E-state index contributed by atoms with van der Waals surface area (Å²) in [5.41, 5.74) is 0. The lowest BCUT2D eigenvalue weighted by Gasteiger charge is -2.40. The fraction of sp³-hybridized carbons (Fsp3) is 1.00. The van der Waals surface area contributed by atoms with E-state index in [0.29, 0.717) is 6.17 Å². The molecule has 2 heterocycles. The van der Waals surface area contributed by atoms with Gasteiger partial charge in [0.05, 0.1) is 6.17 Å². The van der Waals surface area contributed by atoms with E-state index in [2.05, 4.69) is 27.7 Å². The molecule has 0 bridgehead atoms. The minimum Gasteiger partial charge on any atom is -0.300 e. The Morgan fingerprint density at radius 2 is 1.65 bits per heavy atom. The molecule has 0 amide bonds. The first-order valence-electron chi connectivity index (χ1n) is 8.80. The predicted octanol–water partition coefficient (Wildman–Crippen LogP) is 2.43. The van der Waals surface area contributed by atoms with E-state index >= 15 is 0 Å². The van der Waals surface area contributed by atoms with Crippen LogP contribution in [0.15, 0.2) is 0 Å². The van der Waals surface area contributed by atoms with Crippen molar-refractivity contribution in [1.29, 1.82) is 0 Å². The molecule has 2 aliphatic carbocycles. The Hall–Kier alpha value is 0.230. The summed E-state index contributed by atoms with van der Waals surface area (Å²) < 4.78 is 0. The molecule has 3 nitrogen and oxygen atoms in total. The van der Waals surface area contributed by atoms with Crippen LogP contribution in [0.3, 0.4) is 0 Å². The average molecular weight is 295 g/mol. The molecule has 0 spiro atoms. The number of nitrogens with one attached hydrogen (secondary N) is 3. The van der Waals surface area contributed by atoms with E-state index < -0.39 is 0 Å². The van der Waals surface area contributed by atoms with Gasteiger partial charge >= 0.3 is 0 Å². The zero-order valence-electron chi connectivity index (χ0n) is 12.4. The van der Waals surface area contributed by atoms with Crippen molar-refractivity contribution < 1.29 is 0 Å². The van der Waals surface area contributed by atoms with E-state index in [-0.39, 0.29) is 0 Å². The summed E-state index contributed by atoms with van der Waals surface area (Å²) in [4.78, 5) is 0. The van der Waals surface area contributed by atoms with Crippen LogP contribution in [0, 0.1) is 5.92 Å². The third-order valence-electron chi connectivity index (χ3n) is 5.91. The summed E-state index contributed by atoms with van der Waals surface area (Å²) in [5, 5.41) is 13.1. The monoisotopic (exact) mass is 295 g/mol. The maximum atomic E-state index is 3.97. The third kappa shape index (κ3) is 2.65. The van der Waals surface area contributed by atoms with Gasteiger partial charge in [-0.25, -0.2) is 0 Å². The molecule has 20 heavy (non-hydrogen) atoms. The van der Waals surface area contributed by atoms with Crippen molar-refractivity contribution in [3.05, 3.63) is 0 Å². The quantitative estimate of drug-likeness (QED) is 0.731. The van der Waals surface area contributed by atoms with E-state index in [0.717, 1.165) is 35.2 Å². The fourth-order valence-corrected chi connectivity index (χ4v) is 6.88. The van der Waals surface area contributed by atoms with Crippen LogP contribution >= 0.6 is 11.8 Å². The van der Waals surface area contributed by atoms with Crippen molar-refractivity contribution in [3.8, 4) is 0 Å². The predicted molar refractivity (Wildman–Crippen MR) is 85.8 cm³/mol. The molecule has 4 rings (SSSR count). The summed E-state index contributed by atoms with van der Waals surface area (Å²) in [6, 6.07) is 1.52. The highest BCUT2D eigenvalue weighted by Crippen LogP contribution is 2.47. The summed E-state index contributed by atoms with van der Waals surface area (Å²) >= 11 is 2.29. The highest BCUT2D eigenvalue weighted by molar-refractivity contribution is 8.00. The van der Waals surface area contributed by atoms with E-state index in [1.165, 1.54) is 57.8 Å². The van der Waals surface area contributed by atoms with Crippen LogP contribution in [-0.4, -0.2) is 35.4 Å². The second-order valence-electron chi connectivity index (χ2n) is 7.18. The van der Waals surface area contributed by atoms with Crippen molar-refractivity contribution in [3.63, 3.8) is 0 Å². The molecule has 2 saturated heterocycles. The Morgan fingerprint density at radius 1 is 0.850 bits per heavy atom. The zero-order valence-corrected chi connectivity index (χ0v) is 13.3. The van der Waals surface area contributed by atoms with E-state index in [1.807, 2.05) is 0 Å². The van der Waals surface area contributed by atoms with Crippen LogP contribution < -0.4 is 16.0 Å². The highest BCUT2D eigenvalue weighted by Gasteiger charge is 2.49. The van der Waals surface area contributed by atoms with Crippen LogP contribution in [-0.2, 0) is 0 Å². The van der Waals surface area contributed by atoms with E-state index in [9.17, 15) is 0 Å². The van der Waals surface area contributed by atoms with Crippen LogP contribution in [0.5, 0.6) is 0 Å². The maximum Gasteiger partial charge on any atom is 0.0721 e. The molecule has 114 valence electrons. The second kappa shape index (κ2) is 6.15. The van der Waals surface area contributed by atoms with Crippen molar-refractivity contribution in [1.82, 2.24) is 16.0 Å². The Bertz CT molecular complexity index is 332. The van der Waals surface area contributed by atoms with Gasteiger partial charge in [0, 0.05) is 29.3 Å². The summed E-state index contributed by atoms with van der Waals surface area (Å²) in [6.45, 7) is 0.995. The molecule has 4 aliphatic rings. The third-order valence-corrected chi connectivity index (χ3v) is 7.72. The van der Waals surface area contributed by atoms with Gasteiger partial charge in [0.2, 0.25) is 0 Å². The van der Waals surface area contributed by atoms with Gasteiger partial charge in [0.25, 0.3) is 0 Å². The molecular weight excluding hydrogens is 266 g/mol. The molecule has 4 heteroatoms. The van der Waals surface area contributed by atoms with Gasteiger partial charge in [-0.2, -0.15) is 11.8 Å². The molecule has 0 aromatic heterocycles. The molecule has 5 atom stereocenters. The minimum absolute atomic E-state index is 0.542. The Morgan fingerprint density at radius 3 is 2.55 bits per heavy atom. The van der Waals surface area contributed by atoms with Crippen LogP contribution in [0.25, 0.3) is 0 Å². The number of thioether (sulfide) groups is 1. The lowest BCUT2D eigenvalue weighted by atomic mass is 9.81. The Labute approximate surface area is 127 Å². The Kier molecular flexibility index (Phi) is 4.26. The van der Waals surface area contributed by atoms with Crippen molar-refractivity contribution in [2.45, 2.75) is 86.5 Å². The summed E-state index contributed by atoms with van der Waals surface area (Å²) in [7, 11) is 0. The standard InChI is InChI=1S/C16H29N3S/c1-2-6-11(7-3-1)19-16-15-14(17-10-18-16)12-8-4-5-9-13(12)20-15/h11-19H,1-10H2. The topological polar surface area (TPSA) is 36.1 Å². The molecular formula is C16H29N3S. The normalized spacial score (nSPS) is 45.9. The van der Waals surface area contributed by atoms with Crippen LogP contribution in [0.4, 0.5) is 0 Å². The zero-order chi connectivity index (χ0) is 13.4. The molecule has 2 saturated carbocycles. The van der Waals surface area contributed by atoms with Gasteiger partial charge in [0.1, 0.15) is 0 Å². The second-order valence-corrected chi connectivity index (χ2v) is 8.60. The largest absolute Gasteiger partial charge is 0.300 e. The van der Waals surface area contributed by atoms with Gasteiger partial charge in [-0.15, -0.1) is 0 Å². The lowest BCUT2D eigenvalue weighted by Crippen LogP contribution is -2.65. The lowest BCUT2D eigenvalue weighted by molar-refractivity contribution is 0.203. The van der Waals surface area contributed by atoms with E-state index in [4.69, 9.17) is 0 Å². The molecule has 5 unspecified atom stereocenters. The van der Waals surface area contributed by atoms with Gasteiger partial charge in [-0.1, -0.05) is 32.1 Å². The van der Waals surface area contributed by atoms with Gasteiger partial charge in [-0.05, 0) is 31.6 Å². The van der Waals surface area contributed by atoms with Crippen LogP contribution in [0.1, 0.15) is 57.8 Å². The number of hydrogen-bond donors (Lipinski definition) is 3. The molecule has 3 N–H and O–H groups in total. The SMILES string of the molecule is C1CCC(NC2NCNC3C4CCCCC4SC23)CC1. The number of rotatable bonds is 2. The molecule has 0 aromatic rings. The first-order valence-corrected chi connectivity index (χ1v) is 9.74. The van der Waals surface area contributed by atoms with Crippen molar-refractivity contribution in [2.75, 3.05) is 6.67 Å². The smallest absolute Gasteiger partial charge is 0.0721 e. The average Bonchev–Trinajstić information content (AvgIpc) is 2.88. The first kappa shape index (κ1) is 13.9. The molecule has 0 aromatic carbocycles. The van der Waals surface area contributed by atoms with Crippen molar-refractivity contribution >= 4 is 11.8 Å². The molecule has 0 radical (unpaired) electrons. The first-order chi connectivity index (χ1) is 9.92. The highest BCUT2D eigenvalue weighted by atomic mass is 32.2. The number of hydrogen-bond acceptors (Lipinski definition) is 4. The van der Waals surface area contributed by atoms with E-state index in [1.54, 1.807) is 0 Å². The fourth-order valence-electron chi connectivity index (χ4n) is 4.87. The van der Waals surface area contributed by atoms with Gasteiger partial charge in [0.15, 0.2) is 0 Å². The van der Waals surface area contributed by atoms with Crippen molar-refractivity contribution in [2.24, 2.45) is 5.92 Å². The maximum absolute atomic E-state index is 3.97.